The average Bonchev–Trinajstić information content (AvgIpc) is 3.36. The highest BCUT2D eigenvalue weighted by Crippen LogP contribution is 2.21. The zero-order valence-corrected chi connectivity index (χ0v) is 42.9. The van der Waals surface area contributed by atoms with E-state index >= 15 is 0 Å². The summed E-state index contributed by atoms with van der Waals surface area (Å²) < 4.78 is 0. The number of nitrogens with one attached hydrogen (secondary N) is 7. The summed E-state index contributed by atoms with van der Waals surface area (Å²) in [6.07, 6.45) is 0.819. The van der Waals surface area contributed by atoms with Crippen LogP contribution in [0.25, 0.3) is 10.8 Å². The molecule has 3 rings (SSSR count). The predicted octanol–water partition coefficient (Wildman–Crippen LogP) is -1.10. The molecule has 3 aromatic rings. The van der Waals surface area contributed by atoms with Crippen LogP contribution >= 0.6 is 0 Å². The highest BCUT2D eigenvalue weighted by Gasteiger charge is 2.35. The highest BCUT2D eigenvalue weighted by molar-refractivity contribution is 5.99. The predicted molar refractivity (Wildman–Crippen MR) is 280 cm³/mol. The third-order valence-electron chi connectivity index (χ3n) is 12.2. The van der Waals surface area contributed by atoms with Crippen molar-refractivity contribution < 1.29 is 53.1 Å². The van der Waals surface area contributed by atoms with Gasteiger partial charge in [0.1, 0.15) is 42.3 Å². The average molecular weight is 1050 g/mol. The normalized spacial score (nSPS) is 14.3. The van der Waals surface area contributed by atoms with Crippen LogP contribution in [-0.4, -0.2) is 126 Å². The third kappa shape index (κ3) is 21.9. The highest BCUT2D eigenvalue weighted by atomic mass is 16.4. The van der Waals surface area contributed by atoms with Crippen LogP contribution in [0.5, 0.6) is 0 Å². The van der Waals surface area contributed by atoms with E-state index in [1.165, 1.54) is 6.92 Å². The minimum atomic E-state index is -1.75. The summed E-state index contributed by atoms with van der Waals surface area (Å²) in [6.45, 7) is 5.70. The fourth-order valence-corrected chi connectivity index (χ4v) is 8.06. The number of carboxylic acid groups (broad SMARTS) is 1. The molecule has 0 aliphatic rings. The maximum absolute atomic E-state index is 14.5. The Morgan fingerprint density at radius 2 is 1.00 bits per heavy atom. The Morgan fingerprint density at radius 3 is 1.60 bits per heavy atom. The number of benzene rings is 3. The van der Waals surface area contributed by atoms with Gasteiger partial charge in [-0.25, -0.2) is 4.79 Å². The van der Waals surface area contributed by atoms with Crippen LogP contribution < -0.4 is 65.9 Å². The number of carboxylic acids is 1. The van der Waals surface area contributed by atoms with Crippen molar-refractivity contribution in [3.8, 4) is 0 Å². The van der Waals surface area contributed by atoms with Crippen molar-refractivity contribution in [2.75, 3.05) is 13.1 Å². The Balaban J connectivity index is 1.99. The van der Waals surface area contributed by atoms with Crippen LogP contribution in [-0.2, 0) is 60.8 Å². The number of hydrogen-bond acceptors (Lipinski definition) is 13. The summed E-state index contributed by atoms with van der Waals surface area (Å²) in [6, 6.07) is 10.1. The lowest BCUT2D eigenvalue weighted by molar-refractivity contribution is -0.142. The van der Waals surface area contributed by atoms with Crippen LogP contribution in [0.15, 0.2) is 72.8 Å². The molecule has 0 aromatic heterocycles. The zero-order valence-electron chi connectivity index (χ0n) is 42.9. The van der Waals surface area contributed by atoms with Crippen LogP contribution in [0.2, 0.25) is 0 Å². The van der Waals surface area contributed by atoms with Crippen LogP contribution in [0.3, 0.4) is 0 Å². The van der Waals surface area contributed by atoms with Crippen LogP contribution in [0.1, 0.15) is 96.1 Å². The third-order valence-corrected chi connectivity index (χ3v) is 12.2. The van der Waals surface area contributed by atoms with E-state index in [4.69, 9.17) is 28.7 Å². The number of rotatable bonds is 34. The second kappa shape index (κ2) is 31.9. The van der Waals surface area contributed by atoms with Gasteiger partial charge in [-0.1, -0.05) is 93.1 Å². The first kappa shape index (κ1) is 61.8. The first-order valence-corrected chi connectivity index (χ1v) is 25.2. The summed E-state index contributed by atoms with van der Waals surface area (Å²) >= 11 is 0. The van der Waals surface area contributed by atoms with E-state index in [2.05, 4.69) is 37.2 Å². The van der Waals surface area contributed by atoms with Gasteiger partial charge in [-0.3, -0.25) is 43.2 Å². The molecule has 0 saturated heterocycles. The largest absolute Gasteiger partial charge is 0.480 e. The van der Waals surface area contributed by atoms with Crippen molar-refractivity contribution in [1.82, 2.24) is 37.2 Å². The van der Waals surface area contributed by atoms with Gasteiger partial charge >= 0.3 is 5.97 Å². The monoisotopic (exact) mass is 1040 g/mol. The Labute approximate surface area is 436 Å². The van der Waals surface area contributed by atoms with E-state index in [0.717, 1.165) is 5.39 Å². The maximum atomic E-state index is 14.5. The fourth-order valence-electron chi connectivity index (χ4n) is 8.06. The molecule has 23 nitrogen and oxygen atoms in total. The number of fused-ring (bicyclic) bond motifs is 1. The minimum absolute atomic E-state index is 0.0708. The molecule has 0 aliphatic carbocycles. The quantitative estimate of drug-likeness (QED) is 0.0316. The Morgan fingerprint density at radius 1 is 0.493 bits per heavy atom. The molecule has 0 aliphatic heterocycles. The zero-order chi connectivity index (χ0) is 55.6. The van der Waals surface area contributed by atoms with E-state index in [0.29, 0.717) is 61.7 Å². The fraction of sp³-hybridized carbons (Fsp3) is 0.500. The van der Waals surface area contributed by atoms with Gasteiger partial charge in [0.05, 0.1) is 12.5 Å². The van der Waals surface area contributed by atoms with Gasteiger partial charge in [-0.2, -0.15) is 0 Å². The molecule has 9 amide bonds. The first-order valence-electron chi connectivity index (χ1n) is 25.2. The van der Waals surface area contributed by atoms with E-state index in [-0.39, 0.29) is 38.0 Å². The van der Waals surface area contributed by atoms with Gasteiger partial charge in [0.25, 0.3) is 0 Å². The number of carbonyl (C=O) groups excluding carboxylic acids is 9. The van der Waals surface area contributed by atoms with Crippen molar-refractivity contribution >= 4 is 69.9 Å². The molecule has 0 bridgehead atoms. The number of amides is 9. The van der Waals surface area contributed by atoms with Crippen molar-refractivity contribution in [2.24, 2.45) is 34.6 Å². The number of aliphatic carboxylic acids is 1. The second-order valence-corrected chi connectivity index (χ2v) is 18.9. The van der Waals surface area contributed by atoms with E-state index in [9.17, 15) is 53.1 Å². The lowest BCUT2D eigenvalue weighted by Gasteiger charge is -2.28. The van der Waals surface area contributed by atoms with E-state index in [1.54, 1.807) is 60.7 Å². The van der Waals surface area contributed by atoms with Crippen molar-refractivity contribution in [3.63, 3.8) is 0 Å². The molecular formula is C52H76N12O11. The lowest BCUT2D eigenvalue weighted by atomic mass is 9.97. The van der Waals surface area contributed by atoms with Crippen molar-refractivity contribution in [1.29, 1.82) is 0 Å². The van der Waals surface area contributed by atoms with E-state index in [1.807, 2.05) is 26.0 Å². The summed E-state index contributed by atoms with van der Waals surface area (Å²) in [7, 11) is 0. The molecule has 23 heteroatoms. The number of carbonyl (C=O) groups is 10. The Hall–Kier alpha value is -7.50. The molecule has 75 heavy (non-hydrogen) atoms. The number of primary amides is 2. The standard InChI is InChI=1S/C52H76N12O11/c1-30(2)26-39(61-46(68)36(55)20-9-11-24-53)48(70)62-40(27-32-14-5-4-6-15-32)49(71)64-42(29-44(57)66)51(73)63-41(28-34-18-13-17-33-16-7-8-19-35(33)34)50(72)59-37(22-23-43(56)65)47(69)58-31(3)45(67)60-38(52(74)75)21-10-12-25-54/h4-8,13-19,30-31,36-42H,9-12,20-29,53-55H2,1-3H3,(H2,56,65)(H2,57,66)(H,58,69)(H,59,72)(H,60,67)(H,61,68)(H,62,70)(H,63,73)(H,64,71)(H,74,75)/t31-,36-,37-,38-,39-,40-,41-,42-/m0/s1. The first-order chi connectivity index (χ1) is 35.6. The van der Waals surface area contributed by atoms with Gasteiger partial charge in [0.2, 0.25) is 53.2 Å². The molecule has 3 aromatic carbocycles. The number of nitrogens with two attached hydrogens (primary N) is 5. The maximum Gasteiger partial charge on any atom is 0.326 e. The molecule has 0 heterocycles. The molecule has 18 N–H and O–H groups in total. The van der Waals surface area contributed by atoms with Gasteiger partial charge in [0.15, 0.2) is 0 Å². The summed E-state index contributed by atoms with van der Waals surface area (Å²) in [5, 5.41) is 29.1. The number of hydrogen-bond donors (Lipinski definition) is 13. The molecule has 0 radical (unpaired) electrons. The molecule has 8 atom stereocenters. The molecular weight excluding hydrogens is 969 g/mol. The molecule has 410 valence electrons. The summed E-state index contributed by atoms with van der Waals surface area (Å²) in [5.41, 5.74) is 29.5. The molecule has 0 spiro atoms. The molecule has 0 unspecified atom stereocenters. The topological polar surface area (TPSA) is 405 Å². The van der Waals surface area contributed by atoms with Crippen molar-refractivity contribution in [2.45, 2.75) is 146 Å². The second-order valence-electron chi connectivity index (χ2n) is 18.9. The summed E-state index contributed by atoms with van der Waals surface area (Å²) in [4.78, 5) is 134. The van der Waals surface area contributed by atoms with Gasteiger partial charge in [-0.05, 0) is 92.8 Å². The minimum Gasteiger partial charge on any atom is -0.480 e. The van der Waals surface area contributed by atoms with Gasteiger partial charge < -0.3 is 71.0 Å². The lowest BCUT2D eigenvalue weighted by Crippen LogP contribution is -2.61. The Kier molecular flexibility index (Phi) is 26.3. The SMILES string of the molecule is CC(C)C[C@H](NC(=O)[C@@H](N)CCCCN)C(=O)N[C@@H](Cc1ccccc1)C(=O)N[C@@H](CC(N)=O)C(=O)N[C@@H](Cc1cccc2ccccc12)C(=O)N[C@@H](CCC(N)=O)C(=O)N[C@@H](C)C(=O)N[C@@H](CCCCN)C(=O)O. The van der Waals surface area contributed by atoms with Gasteiger partial charge in [-0.15, -0.1) is 0 Å². The molecule has 0 fully saturated rings. The number of unbranched alkanes of at least 4 members (excludes halogenated alkanes) is 2. The Bertz CT molecular complexity index is 2420. The summed E-state index contributed by atoms with van der Waals surface area (Å²) in [5.74, 6) is -9.33. The smallest absolute Gasteiger partial charge is 0.326 e. The van der Waals surface area contributed by atoms with Crippen molar-refractivity contribution in [3.05, 3.63) is 83.9 Å². The van der Waals surface area contributed by atoms with Crippen LogP contribution in [0, 0.1) is 5.92 Å². The molecule has 0 saturated carbocycles. The van der Waals surface area contributed by atoms with E-state index < -0.39 is 120 Å². The van der Waals surface area contributed by atoms with Crippen LogP contribution in [0.4, 0.5) is 0 Å². The van der Waals surface area contributed by atoms with Gasteiger partial charge in [0, 0.05) is 19.3 Å².